The molecule has 0 aliphatic heterocycles. The predicted molar refractivity (Wildman–Crippen MR) is 48.2 cm³/mol. The molecule has 0 aliphatic carbocycles. The van der Waals surface area contributed by atoms with Crippen LogP contribution in [-0.2, 0) is 0 Å². The summed E-state index contributed by atoms with van der Waals surface area (Å²) in [4.78, 5) is 0. The minimum Gasteiger partial charge on any atom is -0.0873 e. The van der Waals surface area contributed by atoms with Gasteiger partial charge < -0.3 is 0 Å². The molecule has 56 valence electrons. The highest BCUT2D eigenvalue weighted by Crippen LogP contribution is 2.11. The van der Waals surface area contributed by atoms with Crippen molar-refractivity contribution in [3.63, 3.8) is 0 Å². The summed E-state index contributed by atoms with van der Waals surface area (Å²) in [6, 6.07) is 0. The van der Waals surface area contributed by atoms with Gasteiger partial charge in [0, 0.05) is 5.03 Å². The zero-order valence-electron chi connectivity index (χ0n) is 6.69. The fraction of sp³-hybridized carbons (Fsp3) is 0.333. The van der Waals surface area contributed by atoms with Crippen molar-refractivity contribution in [3.05, 3.63) is 34.9 Å². The molecule has 0 rings (SSSR count). The first-order valence-corrected chi connectivity index (χ1v) is 3.72. The maximum Gasteiger partial charge on any atom is 0.0431 e. The summed E-state index contributed by atoms with van der Waals surface area (Å²) in [5, 5.41) is 0.806. The van der Waals surface area contributed by atoms with Crippen LogP contribution in [0.1, 0.15) is 20.8 Å². The van der Waals surface area contributed by atoms with E-state index in [1.165, 1.54) is 0 Å². The zero-order chi connectivity index (χ0) is 7.98. The van der Waals surface area contributed by atoms with E-state index >= 15 is 0 Å². The molecule has 0 unspecified atom stereocenters. The van der Waals surface area contributed by atoms with Crippen molar-refractivity contribution in [2.24, 2.45) is 0 Å². The largest absolute Gasteiger partial charge is 0.0873 e. The van der Waals surface area contributed by atoms with Crippen LogP contribution in [0, 0.1) is 0 Å². The van der Waals surface area contributed by atoms with Gasteiger partial charge >= 0.3 is 0 Å². The van der Waals surface area contributed by atoms with E-state index in [9.17, 15) is 0 Å². The fourth-order valence-corrected chi connectivity index (χ4v) is 0.796. The lowest BCUT2D eigenvalue weighted by molar-refractivity contribution is 1.48. The lowest BCUT2D eigenvalue weighted by Gasteiger charge is -1.92. The molecular formula is C9H13Cl. The van der Waals surface area contributed by atoms with Crippen molar-refractivity contribution < 1.29 is 0 Å². The molecule has 0 radical (unpaired) electrons. The van der Waals surface area contributed by atoms with Gasteiger partial charge in [0.25, 0.3) is 0 Å². The minimum atomic E-state index is 0.806. The quantitative estimate of drug-likeness (QED) is 0.536. The maximum absolute atomic E-state index is 5.85. The normalized spacial score (nSPS) is 14.8. The summed E-state index contributed by atoms with van der Waals surface area (Å²) in [5.41, 5.74) is 1.10. The molecule has 0 N–H and O–H groups in total. The van der Waals surface area contributed by atoms with E-state index < -0.39 is 0 Å². The molecule has 0 aromatic rings. The molecule has 0 aromatic carbocycles. The maximum atomic E-state index is 5.85. The third-order valence-electron chi connectivity index (χ3n) is 1.11. The monoisotopic (exact) mass is 156 g/mol. The van der Waals surface area contributed by atoms with Gasteiger partial charge in [0.2, 0.25) is 0 Å². The molecule has 0 spiro atoms. The van der Waals surface area contributed by atoms with Crippen LogP contribution in [0.5, 0.6) is 0 Å². The van der Waals surface area contributed by atoms with Gasteiger partial charge in [0.05, 0.1) is 0 Å². The molecule has 1 heteroatoms. The molecule has 0 saturated carbocycles. The van der Waals surface area contributed by atoms with Crippen molar-refractivity contribution in [2.75, 3.05) is 0 Å². The van der Waals surface area contributed by atoms with Crippen molar-refractivity contribution in [2.45, 2.75) is 20.8 Å². The second-order valence-corrected chi connectivity index (χ2v) is 2.44. The van der Waals surface area contributed by atoms with Gasteiger partial charge in [-0.05, 0) is 32.4 Å². The molecule has 10 heavy (non-hydrogen) atoms. The Morgan fingerprint density at radius 3 is 2.00 bits per heavy atom. The minimum absolute atomic E-state index is 0.806. The van der Waals surface area contributed by atoms with Gasteiger partial charge in [0.15, 0.2) is 0 Å². The van der Waals surface area contributed by atoms with Crippen molar-refractivity contribution in [1.82, 2.24) is 0 Å². The van der Waals surface area contributed by atoms with Gasteiger partial charge in [-0.1, -0.05) is 29.8 Å². The van der Waals surface area contributed by atoms with Crippen LogP contribution in [0.3, 0.4) is 0 Å². The van der Waals surface area contributed by atoms with Gasteiger partial charge in [-0.15, -0.1) is 0 Å². The Labute approximate surface area is 67.9 Å². The highest BCUT2D eigenvalue weighted by molar-refractivity contribution is 6.31. The Morgan fingerprint density at radius 2 is 1.60 bits per heavy atom. The fourth-order valence-electron chi connectivity index (χ4n) is 0.607. The Hall–Kier alpha value is -0.490. The molecular weight excluding hydrogens is 144 g/mol. The number of hydrogen-bond acceptors (Lipinski definition) is 0. The van der Waals surface area contributed by atoms with Gasteiger partial charge in [0.1, 0.15) is 0 Å². The summed E-state index contributed by atoms with van der Waals surface area (Å²) in [6.07, 6.45) is 7.77. The molecule has 0 amide bonds. The van der Waals surface area contributed by atoms with Gasteiger partial charge in [-0.2, -0.15) is 0 Å². The molecule has 0 saturated heterocycles. The predicted octanol–water partition coefficient (Wildman–Crippen LogP) is 3.65. The topological polar surface area (TPSA) is 0 Å². The SMILES string of the molecule is C\C=C/C(Cl)=C(C)\C=C\C. The average Bonchev–Trinajstić information content (AvgIpc) is 1.89. The van der Waals surface area contributed by atoms with E-state index in [1.54, 1.807) is 0 Å². The van der Waals surface area contributed by atoms with Crippen molar-refractivity contribution in [3.8, 4) is 0 Å². The highest BCUT2D eigenvalue weighted by atomic mass is 35.5. The van der Waals surface area contributed by atoms with Crippen LogP contribution in [-0.4, -0.2) is 0 Å². The second-order valence-electron chi connectivity index (χ2n) is 2.03. The first-order valence-electron chi connectivity index (χ1n) is 3.34. The van der Waals surface area contributed by atoms with E-state index in [4.69, 9.17) is 11.6 Å². The van der Waals surface area contributed by atoms with Crippen molar-refractivity contribution in [1.29, 1.82) is 0 Å². The Kier molecular flexibility index (Phi) is 5.05. The van der Waals surface area contributed by atoms with E-state index in [0.29, 0.717) is 0 Å². The smallest absolute Gasteiger partial charge is 0.0431 e. The van der Waals surface area contributed by atoms with Gasteiger partial charge in [-0.3, -0.25) is 0 Å². The molecule has 0 aliphatic rings. The van der Waals surface area contributed by atoms with E-state index in [-0.39, 0.29) is 0 Å². The summed E-state index contributed by atoms with van der Waals surface area (Å²) in [5.74, 6) is 0. The van der Waals surface area contributed by atoms with Crippen molar-refractivity contribution >= 4 is 11.6 Å². The van der Waals surface area contributed by atoms with E-state index in [0.717, 1.165) is 10.6 Å². The highest BCUT2D eigenvalue weighted by Gasteiger charge is 1.87. The second kappa shape index (κ2) is 5.31. The van der Waals surface area contributed by atoms with Gasteiger partial charge in [-0.25, -0.2) is 0 Å². The van der Waals surface area contributed by atoms with E-state index in [2.05, 4.69) is 0 Å². The Morgan fingerprint density at radius 1 is 1.10 bits per heavy atom. The van der Waals surface area contributed by atoms with E-state index in [1.807, 2.05) is 45.1 Å². The Bertz CT molecular complexity index is 153. The van der Waals surface area contributed by atoms with Crippen LogP contribution < -0.4 is 0 Å². The van der Waals surface area contributed by atoms with Crippen LogP contribution in [0.4, 0.5) is 0 Å². The molecule has 0 heterocycles. The lowest BCUT2D eigenvalue weighted by atomic mass is 10.2. The third-order valence-corrected chi connectivity index (χ3v) is 1.53. The first kappa shape index (κ1) is 9.51. The van der Waals surface area contributed by atoms with Crippen LogP contribution >= 0.6 is 11.6 Å². The number of rotatable bonds is 2. The standard InChI is InChI=1S/C9H13Cl/c1-4-6-8(3)9(10)7-5-2/h4-7H,1-3H3/b6-4+,7-5-,9-8+. The molecule has 0 fully saturated rings. The van der Waals surface area contributed by atoms with Crippen LogP contribution in [0.25, 0.3) is 0 Å². The number of halogens is 1. The first-order chi connectivity index (χ1) is 4.72. The summed E-state index contributed by atoms with van der Waals surface area (Å²) < 4.78 is 0. The third kappa shape index (κ3) is 3.52. The molecule has 0 atom stereocenters. The average molecular weight is 157 g/mol. The number of hydrogen-bond donors (Lipinski definition) is 0. The van der Waals surface area contributed by atoms with Crippen LogP contribution in [0.2, 0.25) is 0 Å². The number of allylic oxidation sites excluding steroid dienone is 6. The molecule has 0 nitrogen and oxygen atoms in total. The summed E-state index contributed by atoms with van der Waals surface area (Å²) >= 11 is 5.85. The lowest BCUT2D eigenvalue weighted by Crippen LogP contribution is -1.71. The Balaban J connectivity index is 4.33. The molecule has 0 bridgehead atoms. The molecule has 0 aromatic heterocycles. The zero-order valence-corrected chi connectivity index (χ0v) is 7.44. The summed E-state index contributed by atoms with van der Waals surface area (Å²) in [6.45, 7) is 5.91. The summed E-state index contributed by atoms with van der Waals surface area (Å²) in [7, 11) is 0. The van der Waals surface area contributed by atoms with Crippen LogP contribution in [0.15, 0.2) is 34.9 Å².